The van der Waals surface area contributed by atoms with Gasteiger partial charge in [0.2, 0.25) is 0 Å². The number of aryl methyl sites for hydroxylation is 1. The van der Waals surface area contributed by atoms with E-state index in [0.29, 0.717) is 5.65 Å². The van der Waals surface area contributed by atoms with Gasteiger partial charge < -0.3 is 5.43 Å². The summed E-state index contributed by atoms with van der Waals surface area (Å²) in [6, 6.07) is 5.83. The zero-order chi connectivity index (χ0) is 14.0. The van der Waals surface area contributed by atoms with Crippen LogP contribution in [0.4, 0.5) is 0 Å². The molecule has 102 valence electrons. The highest BCUT2D eigenvalue weighted by Gasteiger charge is 2.15. The number of pyridine rings is 2. The fourth-order valence-corrected chi connectivity index (χ4v) is 2.09. The van der Waals surface area contributed by atoms with Gasteiger partial charge in [-0.05, 0) is 45.4 Å². The van der Waals surface area contributed by atoms with Crippen molar-refractivity contribution in [3.8, 4) is 0 Å². The van der Waals surface area contributed by atoms with Crippen molar-refractivity contribution in [1.29, 1.82) is 0 Å². The molecule has 0 radical (unpaired) electrons. The summed E-state index contributed by atoms with van der Waals surface area (Å²) in [6.07, 6.45) is 3.45. The van der Waals surface area contributed by atoms with E-state index < -0.39 is 0 Å². The maximum Gasteiger partial charge on any atom is 0.274 e. The first kappa shape index (κ1) is 13.6. The Morgan fingerprint density at radius 2 is 2.11 bits per heavy atom. The fraction of sp³-hybridized carbons (Fsp3) is 0.467. The zero-order valence-electron chi connectivity index (χ0n) is 12.0. The lowest BCUT2D eigenvalue weighted by molar-refractivity contribution is 0.551. The third-order valence-corrected chi connectivity index (χ3v) is 2.80. The van der Waals surface area contributed by atoms with Crippen LogP contribution in [-0.4, -0.2) is 15.2 Å². The Morgan fingerprint density at radius 3 is 2.74 bits per heavy atom. The molecule has 4 nitrogen and oxygen atoms in total. The zero-order valence-corrected chi connectivity index (χ0v) is 12.0. The summed E-state index contributed by atoms with van der Waals surface area (Å²) in [4.78, 5) is 16.8. The molecule has 0 aromatic carbocycles. The van der Waals surface area contributed by atoms with Crippen molar-refractivity contribution >= 4 is 11.0 Å². The Morgan fingerprint density at radius 1 is 1.37 bits per heavy atom. The fourth-order valence-electron chi connectivity index (χ4n) is 2.09. The quantitative estimate of drug-likeness (QED) is 0.922. The number of aromatic nitrogens is 2. The summed E-state index contributed by atoms with van der Waals surface area (Å²) < 4.78 is 1.58. The van der Waals surface area contributed by atoms with Gasteiger partial charge >= 0.3 is 0 Å². The van der Waals surface area contributed by atoms with Crippen molar-refractivity contribution in [1.82, 2.24) is 9.66 Å². The lowest BCUT2D eigenvalue weighted by atomic mass is 10.1. The van der Waals surface area contributed by atoms with Gasteiger partial charge in [0.15, 0.2) is 5.65 Å². The van der Waals surface area contributed by atoms with Crippen molar-refractivity contribution < 1.29 is 0 Å². The maximum absolute atomic E-state index is 12.5. The molecule has 2 heterocycles. The van der Waals surface area contributed by atoms with Crippen molar-refractivity contribution in [3.63, 3.8) is 0 Å². The van der Waals surface area contributed by atoms with E-state index in [0.717, 1.165) is 23.8 Å². The van der Waals surface area contributed by atoms with Crippen molar-refractivity contribution in [3.05, 3.63) is 40.3 Å². The van der Waals surface area contributed by atoms with Crippen LogP contribution in [0.15, 0.2) is 29.2 Å². The lowest BCUT2D eigenvalue weighted by Gasteiger charge is -2.24. The van der Waals surface area contributed by atoms with Crippen LogP contribution in [0, 0.1) is 0 Å². The van der Waals surface area contributed by atoms with Gasteiger partial charge in [0.05, 0.1) is 0 Å². The van der Waals surface area contributed by atoms with Crippen LogP contribution in [0.2, 0.25) is 0 Å². The van der Waals surface area contributed by atoms with Crippen LogP contribution in [0.3, 0.4) is 0 Å². The average molecular weight is 259 g/mol. The average Bonchev–Trinajstić information content (AvgIpc) is 2.33. The molecule has 2 aromatic rings. The van der Waals surface area contributed by atoms with Gasteiger partial charge in [-0.15, -0.1) is 0 Å². The predicted molar refractivity (Wildman–Crippen MR) is 79.1 cm³/mol. The maximum atomic E-state index is 12.5. The van der Waals surface area contributed by atoms with Crippen LogP contribution < -0.4 is 11.0 Å². The molecule has 0 aliphatic heterocycles. The van der Waals surface area contributed by atoms with Crippen LogP contribution in [-0.2, 0) is 6.42 Å². The lowest BCUT2D eigenvalue weighted by Crippen LogP contribution is -2.41. The van der Waals surface area contributed by atoms with E-state index in [4.69, 9.17) is 0 Å². The summed E-state index contributed by atoms with van der Waals surface area (Å²) in [5.41, 5.74) is 4.56. The minimum Gasteiger partial charge on any atom is -0.316 e. The summed E-state index contributed by atoms with van der Waals surface area (Å²) in [6.45, 7) is 8.16. The standard InChI is InChI=1S/C15H21N3O/c1-5-7-12-10-11-8-6-9-16-13(11)18(14(12)19)17-15(2,3)4/h6,8-10,17H,5,7H2,1-4H3. The van der Waals surface area contributed by atoms with Gasteiger partial charge in [0.25, 0.3) is 5.56 Å². The van der Waals surface area contributed by atoms with Gasteiger partial charge in [0, 0.05) is 22.7 Å². The summed E-state index contributed by atoms with van der Waals surface area (Å²) >= 11 is 0. The number of rotatable bonds is 3. The number of hydrogen-bond acceptors (Lipinski definition) is 3. The van der Waals surface area contributed by atoms with Gasteiger partial charge in [0.1, 0.15) is 0 Å². The van der Waals surface area contributed by atoms with Crippen LogP contribution >= 0.6 is 0 Å². The van der Waals surface area contributed by atoms with E-state index in [1.54, 1.807) is 10.9 Å². The largest absolute Gasteiger partial charge is 0.316 e. The molecule has 0 bridgehead atoms. The minimum atomic E-state index is -0.195. The Balaban J connectivity index is 2.69. The van der Waals surface area contributed by atoms with Gasteiger partial charge in [-0.2, -0.15) is 0 Å². The number of nitrogens with one attached hydrogen (secondary N) is 1. The highest BCUT2D eigenvalue weighted by Crippen LogP contribution is 2.12. The highest BCUT2D eigenvalue weighted by atomic mass is 16.1. The first-order valence-electron chi connectivity index (χ1n) is 6.70. The van der Waals surface area contributed by atoms with Crippen LogP contribution in [0.1, 0.15) is 39.7 Å². The summed E-state index contributed by atoms with van der Waals surface area (Å²) in [5.74, 6) is 0. The van der Waals surface area contributed by atoms with Gasteiger partial charge in [-0.25, -0.2) is 9.66 Å². The molecular formula is C15H21N3O. The number of nitrogens with zero attached hydrogens (tertiary/aromatic N) is 2. The second-order valence-corrected chi connectivity index (χ2v) is 5.84. The number of fused-ring (bicyclic) bond motifs is 1. The number of hydrogen-bond donors (Lipinski definition) is 1. The predicted octanol–water partition coefficient (Wildman–Crippen LogP) is 2.69. The normalized spacial score (nSPS) is 11.8. The summed E-state index contributed by atoms with van der Waals surface area (Å²) in [7, 11) is 0. The van der Waals surface area contributed by atoms with E-state index in [-0.39, 0.29) is 11.1 Å². The first-order chi connectivity index (χ1) is 8.92. The topological polar surface area (TPSA) is 46.9 Å². The molecule has 1 N–H and O–H groups in total. The van der Waals surface area contributed by atoms with Crippen molar-refractivity contribution in [2.75, 3.05) is 5.43 Å². The highest BCUT2D eigenvalue weighted by molar-refractivity contribution is 5.75. The molecule has 2 rings (SSSR count). The molecule has 0 saturated heterocycles. The monoisotopic (exact) mass is 259 g/mol. The summed E-state index contributed by atoms with van der Waals surface area (Å²) in [5, 5.41) is 0.988. The van der Waals surface area contributed by atoms with E-state index in [9.17, 15) is 4.79 Å². The third-order valence-electron chi connectivity index (χ3n) is 2.80. The Hall–Kier alpha value is -1.84. The second-order valence-electron chi connectivity index (χ2n) is 5.84. The van der Waals surface area contributed by atoms with Crippen LogP contribution in [0.5, 0.6) is 0 Å². The Kier molecular flexibility index (Phi) is 3.60. The van der Waals surface area contributed by atoms with Crippen LogP contribution in [0.25, 0.3) is 11.0 Å². The van der Waals surface area contributed by atoms with E-state index in [1.165, 1.54) is 0 Å². The first-order valence-corrected chi connectivity index (χ1v) is 6.70. The molecule has 2 aromatic heterocycles. The van der Waals surface area contributed by atoms with Gasteiger partial charge in [-0.1, -0.05) is 13.3 Å². The smallest absolute Gasteiger partial charge is 0.274 e. The molecule has 0 saturated carbocycles. The molecule has 4 heteroatoms. The molecule has 0 spiro atoms. The second kappa shape index (κ2) is 5.03. The van der Waals surface area contributed by atoms with E-state index in [1.807, 2.05) is 39.0 Å². The molecule has 0 unspecified atom stereocenters. The van der Waals surface area contributed by atoms with E-state index >= 15 is 0 Å². The van der Waals surface area contributed by atoms with Crippen molar-refractivity contribution in [2.24, 2.45) is 0 Å². The minimum absolute atomic E-state index is 0.00275. The molecule has 0 amide bonds. The molecular weight excluding hydrogens is 238 g/mol. The Bertz CT molecular complexity index is 638. The van der Waals surface area contributed by atoms with Gasteiger partial charge in [-0.3, -0.25) is 4.79 Å². The molecule has 0 aliphatic carbocycles. The third kappa shape index (κ3) is 2.95. The molecule has 0 atom stereocenters. The van der Waals surface area contributed by atoms with Crippen molar-refractivity contribution in [2.45, 2.75) is 46.1 Å². The molecule has 19 heavy (non-hydrogen) atoms. The van der Waals surface area contributed by atoms with E-state index in [2.05, 4.69) is 17.3 Å². The molecule has 0 aliphatic rings. The SMILES string of the molecule is CCCc1cc2cccnc2n(NC(C)(C)C)c1=O. The Labute approximate surface area is 113 Å². The molecule has 0 fully saturated rings.